The summed E-state index contributed by atoms with van der Waals surface area (Å²) in [5, 5.41) is 3.15. The molecule has 0 spiro atoms. The molecule has 2 nitrogen and oxygen atoms in total. The molecule has 19 heavy (non-hydrogen) atoms. The highest BCUT2D eigenvalue weighted by molar-refractivity contribution is 9.12. The van der Waals surface area contributed by atoms with Crippen LogP contribution in [0.3, 0.4) is 0 Å². The Morgan fingerprint density at radius 1 is 1.11 bits per heavy atom. The Morgan fingerprint density at radius 2 is 1.74 bits per heavy atom. The van der Waals surface area contributed by atoms with Gasteiger partial charge in [0.2, 0.25) is 5.91 Å². The monoisotopic (exact) mass is 387 g/mol. The predicted octanol–water partition coefficient (Wildman–Crippen LogP) is 4.34. The number of rotatable bonds is 4. The molecular weight excluding hydrogens is 370 g/mol. The van der Waals surface area contributed by atoms with Crippen LogP contribution in [0.25, 0.3) is 0 Å². The van der Waals surface area contributed by atoms with Gasteiger partial charge in [0.1, 0.15) is 4.83 Å². The topological polar surface area (TPSA) is 29.1 Å². The van der Waals surface area contributed by atoms with Crippen molar-refractivity contribution in [3.05, 3.63) is 35.9 Å². The van der Waals surface area contributed by atoms with Gasteiger partial charge in [-0.1, -0.05) is 81.5 Å². The van der Waals surface area contributed by atoms with Gasteiger partial charge >= 0.3 is 0 Å². The van der Waals surface area contributed by atoms with Crippen molar-refractivity contribution in [2.45, 2.75) is 47.8 Å². The molecule has 1 N–H and O–H groups in total. The predicted molar refractivity (Wildman–Crippen MR) is 85.8 cm³/mol. The summed E-state index contributed by atoms with van der Waals surface area (Å²) in [7, 11) is 0. The van der Waals surface area contributed by atoms with Gasteiger partial charge in [0.25, 0.3) is 0 Å². The molecule has 0 aromatic heterocycles. The lowest BCUT2D eigenvalue weighted by molar-refractivity contribution is -0.121. The highest BCUT2D eigenvalue weighted by Crippen LogP contribution is 2.31. The summed E-state index contributed by atoms with van der Waals surface area (Å²) in [5.41, 5.74) is 1.11. The van der Waals surface area contributed by atoms with Crippen molar-refractivity contribution in [2.24, 2.45) is 0 Å². The van der Waals surface area contributed by atoms with Gasteiger partial charge in [-0.3, -0.25) is 4.79 Å². The van der Waals surface area contributed by atoms with Gasteiger partial charge in [-0.05, 0) is 18.4 Å². The van der Waals surface area contributed by atoms with E-state index in [2.05, 4.69) is 37.2 Å². The summed E-state index contributed by atoms with van der Waals surface area (Å²) in [4.78, 5) is 12.0. The molecule has 0 unspecified atom stereocenters. The number of hydrogen-bond acceptors (Lipinski definition) is 1. The molecule has 0 bridgehead atoms. The Labute approximate surface area is 131 Å². The minimum Gasteiger partial charge on any atom is -0.352 e. The van der Waals surface area contributed by atoms with E-state index in [9.17, 15) is 4.79 Å². The SMILES string of the molecule is O=C(NC1CCCCC1)[C@H](Br)[C@H](Br)c1ccccc1. The number of halogens is 2. The molecule has 2 atom stereocenters. The van der Waals surface area contributed by atoms with Crippen LogP contribution in [0.15, 0.2) is 30.3 Å². The Bertz CT molecular complexity index is 404. The number of carbonyl (C=O) groups excluding carboxylic acids is 1. The minimum absolute atomic E-state index is 0.00251. The van der Waals surface area contributed by atoms with Crippen LogP contribution < -0.4 is 5.32 Å². The van der Waals surface area contributed by atoms with E-state index in [0.717, 1.165) is 18.4 Å². The van der Waals surface area contributed by atoms with Crippen LogP contribution in [0.2, 0.25) is 0 Å². The van der Waals surface area contributed by atoms with Gasteiger partial charge < -0.3 is 5.32 Å². The standard InChI is InChI=1S/C15H19Br2NO/c16-13(11-7-3-1-4-8-11)14(17)15(19)18-12-9-5-2-6-10-12/h1,3-4,7-8,12-14H,2,5-6,9-10H2,(H,18,19)/t13-,14-/m1/s1. The van der Waals surface area contributed by atoms with Gasteiger partial charge in [0, 0.05) is 6.04 Å². The van der Waals surface area contributed by atoms with E-state index in [-0.39, 0.29) is 15.6 Å². The van der Waals surface area contributed by atoms with Gasteiger partial charge in [0.05, 0.1) is 4.83 Å². The van der Waals surface area contributed by atoms with E-state index in [0.29, 0.717) is 6.04 Å². The fraction of sp³-hybridized carbons (Fsp3) is 0.533. The Kier molecular flexibility index (Phi) is 5.89. The lowest BCUT2D eigenvalue weighted by Gasteiger charge is -2.25. The third-order valence-corrected chi connectivity index (χ3v) is 6.29. The van der Waals surface area contributed by atoms with Crippen molar-refractivity contribution >= 4 is 37.8 Å². The average Bonchev–Trinajstić information content (AvgIpc) is 2.47. The van der Waals surface area contributed by atoms with Gasteiger partial charge in [-0.25, -0.2) is 0 Å². The zero-order valence-corrected chi connectivity index (χ0v) is 14.0. The first-order valence-corrected chi connectivity index (χ1v) is 8.65. The van der Waals surface area contributed by atoms with Crippen LogP contribution in [0, 0.1) is 0 Å². The van der Waals surface area contributed by atoms with E-state index in [1.807, 2.05) is 30.3 Å². The van der Waals surface area contributed by atoms with Crippen LogP contribution in [-0.4, -0.2) is 16.8 Å². The van der Waals surface area contributed by atoms with Crippen molar-refractivity contribution in [1.29, 1.82) is 0 Å². The van der Waals surface area contributed by atoms with Gasteiger partial charge in [-0.2, -0.15) is 0 Å². The number of nitrogens with one attached hydrogen (secondary N) is 1. The first kappa shape index (κ1) is 15.0. The summed E-state index contributed by atoms with van der Waals surface area (Å²) in [5.74, 6) is 0.0811. The lowest BCUT2D eigenvalue weighted by atomic mass is 9.95. The smallest absolute Gasteiger partial charge is 0.235 e. The van der Waals surface area contributed by atoms with Crippen molar-refractivity contribution in [3.8, 4) is 0 Å². The van der Waals surface area contributed by atoms with Crippen molar-refractivity contribution in [3.63, 3.8) is 0 Å². The number of benzene rings is 1. The second-order valence-corrected chi connectivity index (χ2v) is 7.03. The second-order valence-electron chi connectivity index (χ2n) is 5.06. The molecule has 2 rings (SSSR count). The molecular formula is C15H19Br2NO. The highest BCUT2D eigenvalue weighted by Gasteiger charge is 2.27. The average molecular weight is 389 g/mol. The third-order valence-electron chi connectivity index (χ3n) is 3.58. The van der Waals surface area contributed by atoms with E-state index in [1.54, 1.807) is 0 Å². The first-order valence-electron chi connectivity index (χ1n) is 6.82. The van der Waals surface area contributed by atoms with Crippen molar-refractivity contribution in [2.75, 3.05) is 0 Å². The molecule has 1 fully saturated rings. The Morgan fingerprint density at radius 3 is 2.37 bits per heavy atom. The van der Waals surface area contributed by atoms with E-state index in [1.165, 1.54) is 19.3 Å². The summed E-state index contributed by atoms with van der Waals surface area (Å²) in [6.45, 7) is 0. The molecule has 104 valence electrons. The van der Waals surface area contributed by atoms with Crippen LogP contribution in [0.5, 0.6) is 0 Å². The van der Waals surface area contributed by atoms with E-state index < -0.39 is 0 Å². The number of carbonyl (C=O) groups is 1. The van der Waals surface area contributed by atoms with Crippen LogP contribution in [0.4, 0.5) is 0 Å². The molecule has 0 heterocycles. The summed E-state index contributed by atoms with van der Waals surface area (Å²) in [6.07, 6.45) is 5.99. The quantitative estimate of drug-likeness (QED) is 0.764. The molecule has 1 amide bonds. The van der Waals surface area contributed by atoms with Crippen molar-refractivity contribution in [1.82, 2.24) is 5.32 Å². The maximum Gasteiger partial charge on any atom is 0.235 e. The zero-order chi connectivity index (χ0) is 13.7. The molecule has 0 saturated heterocycles. The summed E-state index contributed by atoms with van der Waals surface area (Å²) >= 11 is 7.12. The largest absolute Gasteiger partial charge is 0.352 e. The Balaban J connectivity index is 1.91. The molecule has 1 aliphatic carbocycles. The van der Waals surface area contributed by atoms with Crippen LogP contribution >= 0.6 is 31.9 Å². The second kappa shape index (κ2) is 7.44. The fourth-order valence-electron chi connectivity index (χ4n) is 2.47. The van der Waals surface area contributed by atoms with E-state index in [4.69, 9.17) is 0 Å². The maximum atomic E-state index is 12.2. The van der Waals surface area contributed by atoms with Gasteiger partial charge in [0.15, 0.2) is 0 Å². The molecule has 4 heteroatoms. The molecule has 1 saturated carbocycles. The number of alkyl halides is 2. The summed E-state index contributed by atoms with van der Waals surface area (Å²) < 4.78 is 0. The molecule has 1 aliphatic rings. The van der Waals surface area contributed by atoms with Crippen LogP contribution in [-0.2, 0) is 4.79 Å². The maximum absolute atomic E-state index is 12.2. The normalized spacial score (nSPS) is 19.7. The minimum atomic E-state index is -0.239. The van der Waals surface area contributed by atoms with Crippen molar-refractivity contribution < 1.29 is 4.79 Å². The zero-order valence-electron chi connectivity index (χ0n) is 10.8. The van der Waals surface area contributed by atoms with Crippen LogP contribution in [0.1, 0.15) is 42.5 Å². The summed E-state index contributed by atoms with van der Waals surface area (Å²) in [6, 6.07) is 10.4. The van der Waals surface area contributed by atoms with Gasteiger partial charge in [-0.15, -0.1) is 0 Å². The van der Waals surface area contributed by atoms with E-state index >= 15 is 0 Å². The number of amides is 1. The molecule has 1 aromatic carbocycles. The molecule has 0 radical (unpaired) electrons. The fourth-order valence-corrected chi connectivity index (χ4v) is 3.45. The number of hydrogen-bond donors (Lipinski definition) is 1. The highest BCUT2D eigenvalue weighted by atomic mass is 79.9. The lowest BCUT2D eigenvalue weighted by Crippen LogP contribution is -2.41. The first-order chi connectivity index (χ1) is 9.18. The Hall–Kier alpha value is -0.350. The molecule has 1 aromatic rings. The third kappa shape index (κ3) is 4.32. The molecule has 0 aliphatic heterocycles.